The molecule has 6 heteroatoms. The average molecular weight is 334 g/mol. The number of hydrogen-bond acceptors (Lipinski definition) is 5. The maximum Gasteiger partial charge on any atom is 0.234 e. The van der Waals surface area contributed by atoms with Crippen molar-refractivity contribution in [2.75, 3.05) is 33.4 Å². The number of ether oxygens (including phenoxy) is 3. The topological polar surface area (TPSA) is 60.0 Å². The molecule has 6 nitrogen and oxygen atoms in total. The Bertz CT molecular complexity index is 528. The molecule has 2 aliphatic heterocycles. The molecule has 0 spiro atoms. The van der Waals surface area contributed by atoms with E-state index >= 15 is 0 Å². The van der Waals surface area contributed by atoms with Crippen LogP contribution in [0.15, 0.2) is 24.3 Å². The zero-order chi connectivity index (χ0) is 16.8. The zero-order valence-electron chi connectivity index (χ0n) is 14.2. The third kappa shape index (κ3) is 4.47. The summed E-state index contributed by atoms with van der Waals surface area (Å²) in [5.74, 6) is 0.855. The molecule has 2 fully saturated rings. The predicted octanol–water partition coefficient (Wildman–Crippen LogP) is 1.54. The monoisotopic (exact) mass is 334 g/mol. The first-order valence-corrected chi connectivity index (χ1v) is 8.63. The molecule has 2 heterocycles. The average Bonchev–Trinajstić information content (AvgIpc) is 3.15. The van der Waals surface area contributed by atoms with Crippen LogP contribution in [0.3, 0.4) is 0 Å². The molecular weight excluding hydrogens is 308 g/mol. The highest BCUT2D eigenvalue weighted by Crippen LogP contribution is 2.24. The van der Waals surface area contributed by atoms with Gasteiger partial charge >= 0.3 is 0 Å². The normalized spacial score (nSPS) is 22.5. The van der Waals surface area contributed by atoms with E-state index < -0.39 is 0 Å². The second-order valence-electron chi connectivity index (χ2n) is 6.27. The third-order valence-corrected chi connectivity index (χ3v) is 4.62. The number of nitrogens with one attached hydrogen (secondary N) is 1. The Labute approximate surface area is 143 Å². The summed E-state index contributed by atoms with van der Waals surface area (Å²) >= 11 is 0. The summed E-state index contributed by atoms with van der Waals surface area (Å²) < 4.78 is 16.4. The summed E-state index contributed by atoms with van der Waals surface area (Å²) in [6.07, 6.45) is 3.13. The van der Waals surface area contributed by atoms with Crippen molar-refractivity contribution >= 4 is 5.91 Å². The van der Waals surface area contributed by atoms with Gasteiger partial charge in [0.2, 0.25) is 5.91 Å². The van der Waals surface area contributed by atoms with Crippen LogP contribution in [0.5, 0.6) is 5.75 Å². The van der Waals surface area contributed by atoms with Gasteiger partial charge in [0.15, 0.2) is 6.29 Å². The minimum Gasteiger partial charge on any atom is -0.497 e. The second-order valence-corrected chi connectivity index (χ2v) is 6.27. The highest BCUT2D eigenvalue weighted by molar-refractivity contribution is 5.78. The van der Waals surface area contributed by atoms with E-state index in [1.54, 1.807) is 7.11 Å². The van der Waals surface area contributed by atoms with Crippen molar-refractivity contribution in [2.24, 2.45) is 0 Å². The van der Waals surface area contributed by atoms with Gasteiger partial charge < -0.3 is 19.5 Å². The van der Waals surface area contributed by atoms with Gasteiger partial charge in [-0.25, -0.2) is 0 Å². The molecule has 24 heavy (non-hydrogen) atoms. The lowest BCUT2D eigenvalue weighted by atomic mass is 10.0. The summed E-state index contributed by atoms with van der Waals surface area (Å²) in [7, 11) is 1.64. The van der Waals surface area contributed by atoms with Gasteiger partial charge in [0, 0.05) is 6.54 Å². The molecule has 1 amide bonds. The molecule has 0 bridgehead atoms. The number of piperidine rings is 1. The Morgan fingerprint density at radius 1 is 1.25 bits per heavy atom. The number of nitrogens with zero attached hydrogens (tertiary/aromatic N) is 1. The van der Waals surface area contributed by atoms with Crippen LogP contribution in [0.4, 0.5) is 0 Å². The molecule has 1 N–H and O–H groups in total. The zero-order valence-corrected chi connectivity index (χ0v) is 14.2. The van der Waals surface area contributed by atoms with Crippen LogP contribution < -0.4 is 10.1 Å². The van der Waals surface area contributed by atoms with Crippen LogP contribution in [-0.2, 0) is 20.8 Å². The molecule has 1 unspecified atom stereocenters. The fraction of sp³-hybridized carbons (Fsp3) is 0.611. The minimum absolute atomic E-state index is 0.0377. The van der Waals surface area contributed by atoms with E-state index in [0.717, 1.165) is 37.1 Å². The van der Waals surface area contributed by atoms with Gasteiger partial charge in [0.25, 0.3) is 0 Å². The Kier molecular flexibility index (Phi) is 6.07. The first-order valence-electron chi connectivity index (χ1n) is 8.63. The molecule has 2 aliphatic rings. The first-order chi connectivity index (χ1) is 11.8. The van der Waals surface area contributed by atoms with Gasteiger partial charge in [0.05, 0.1) is 32.9 Å². The number of likely N-dealkylation sites (tertiary alicyclic amines) is 1. The molecule has 0 radical (unpaired) electrons. The Hall–Kier alpha value is -1.63. The van der Waals surface area contributed by atoms with Crippen molar-refractivity contribution in [3.63, 3.8) is 0 Å². The largest absolute Gasteiger partial charge is 0.497 e. The van der Waals surface area contributed by atoms with E-state index in [4.69, 9.17) is 14.2 Å². The summed E-state index contributed by atoms with van der Waals surface area (Å²) in [6.45, 7) is 3.14. The van der Waals surface area contributed by atoms with E-state index in [1.807, 2.05) is 24.3 Å². The second kappa shape index (κ2) is 8.46. The summed E-state index contributed by atoms with van der Waals surface area (Å²) in [6, 6.07) is 7.91. The van der Waals surface area contributed by atoms with Gasteiger partial charge in [-0.3, -0.25) is 9.69 Å². The standard InChI is InChI=1S/C18H26N2O4/c1-22-15-7-5-14(6-8-15)12-19-17(21)13-20-9-3-2-4-16(20)18-23-10-11-24-18/h5-8,16,18H,2-4,9-13H2,1H3,(H,19,21). The fourth-order valence-electron chi connectivity index (χ4n) is 3.30. The van der Waals surface area contributed by atoms with Crippen molar-refractivity contribution < 1.29 is 19.0 Å². The highest BCUT2D eigenvalue weighted by atomic mass is 16.7. The van der Waals surface area contributed by atoms with Gasteiger partial charge in [-0.15, -0.1) is 0 Å². The van der Waals surface area contributed by atoms with Crippen LogP contribution in [0.25, 0.3) is 0 Å². The van der Waals surface area contributed by atoms with Crippen LogP contribution in [0.1, 0.15) is 24.8 Å². The molecule has 2 saturated heterocycles. The SMILES string of the molecule is COc1ccc(CNC(=O)CN2CCCCC2C2OCCO2)cc1. The molecule has 3 rings (SSSR count). The molecule has 132 valence electrons. The van der Waals surface area contributed by atoms with Crippen LogP contribution in [0.2, 0.25) is 0 Å². The van der Waals surface area contributed by atoms with Crippen molar-refractivity contribution in [3.8, 4) is 5.75 Å². The van der Waals surface area contributed by atoms with E-state index in [-0.39, 0.29) is 18.2 Å². The van der Waals surface area contributed by atoms with Crippen molar-refractivity contribution in [1.29, 1.82) is 0 Å². The lowest BCUT2D eigenvalue weighted by Gasteiger charge is -2.37. The summed E-state index contributed by atoms with van der Waals surface area (Å²) in [5.41, 5.74) is 1.06. The van der Waals surface area contributed by atoms with E-state index in [2.05, 4.69) is 10.2 Å². The third-order valence-electron chi connectivity index (χ3n) is 4.62. The minimum atomic E-state index is -0.181. The molecule has 0 saturated carbocycles. The number of carbonyl (C=O) groups is 1. The van der Waals surface area contributed by atoms with E-state index in [0.29, 0.717) is 26.3 Å². The molecule has 1 atom stereocenters. The molecule has 1 aromatic carbocycles. The first kappa shape index (κ1) is 17.2. The Morgan fingerprint density at radius 2 is 2.00 bits per heavy atom. The van der Waals surface area contributed by atoms with Crippen molar-refractivity contribution in [2.45, 2.75) is 38.1 Å². The number of amides is 1. The van der Waals surface area contributed by atoms with Crippen LogP contribution in [-0.4, -0.2) is 56.6 Å². The number of methoxy groups -OCH3 is 1. The van der Waals surface area contributed by atoms with Crippen LogP contribution >= 0.6 is 0 Å². The molecule has 1 aromatic rings. The number of hydrogen-bond donors (Lipinski definition) is 1. The maximum absolute atomic E-state index is 12.3. The van der Waals surface area contributed by atoms with Gasteiger partial charge in [-0.2, -0.15) is 0 Å². The highest BCUT2D eigenvalue weighted by Gasteiger charge is 2.34. The van der Waals surface area contributed by atoms with E-state index in [1.165, 1.54) is 0 Å². The molecular formula is C18H26N2O4. The summed E-state index contributed by atoms with van der Waals surface area (Å²) in [5, 5.41) is 2.99. The van der Waals surface area contributed by atoms with Gasteiger partial charge in [-0.05, 0) is 37.1 Å². The quantitative estimate of drug-likeness (QED) is 0.855. The Balaban J connectivity index is 1.48. The van der Waals surface area contributed by atoms with E-state index in [9.17, 15) is 4.79 Å². The predicted molar refractivity (Wildman–Crippen MR) is 89.7 cm³/mol. The number of rotatable bonds is 6. The molecule has 0 aliphatic carbocycles. The van der Waals surface area contributed by atoms with Gasteiger partial charge in [-0.1, -0.05) is 18.6 Å². The van der Waals surface area contributed by atoms with Gasteiger partial charge in [0.1, 0.15) is 5.75 Å². The molecule has 0 aromatic heterocycles. The maximum atomic E-state index is 12.3. The fourth-order valence-corrected chi connectivity index (χ4v) is 3.30. The Morgan fingerprint density at radius 3 is 2.71 bits per heavy atom. The lowest BCUT2D eigenvalue weighted by molar-refractivity contribution is -0.131. The van der Waals surface area contributed by atoms with Crippen molar-refractivity contribution in [3.05, 3.63) is 29.8 Å². The smallest absolute Gasteiger partial charge is 0.234 e. The number of benzene rings is 1. The number of carbonyl (C=O) groups excluding carboxylic acids is 1. The van der Waals surface area contributed by atoms with Crippen LogP contribution in [0, 0.1) is 0 Å². The van der Waals surface area contributed by atoms with Crippen molar-refractivity contribution in [1.82, 2.24) is 10.2 Å². The lowest BCUT2D eigenvalue weighted by Crippen LogP contribution is -2.50. The summed E-state index contributed by atoms with van der Waals surface area (Å²) in [4.78, 5) is 14.5.